The van der Waals surface area contributed by atoms with Crippen molar-refractivity contribution >= 4 is 40.9 Å². The summed E-state index contributed by atoms with van der Waals surface area (Å²) in [4.78, 5) is 31.6. The van der Waals surface area contributed by atoms with Gasteiger partial charge in [0.15, 0.2) is 28.1 Å². The molecule has 0 radical (unpaired) electrons. The highest BCUT2D eigenvalue weighted by atomic mass is 32.2. The summed E-state index contributed by atoms with van der Waals surface area (Å²) in [7, 11) is 3.18. The van der Waals surface area contributed by atoms with Crippen molar-refractivity contribution in [1.82, 2.24) is 19.1 Å². The number of aromatic hydroxyl groups is 2. The lowest BCUT2D eigenvalue weighted by Crippen LogP contribution is -2.27. The number of carbonyl (C=O) groups is 1. The molecule has 25 heavy (non-hydrogen) atoms. The minimum atomic E-state index is -0.349. The van der Waals surface area contributed by atoms with Gasteiger partial charge in [-0.15, -0.1) is 0 Å². The minimum absolute atomic E-state index is 0.0663. The van der Waals surface area contributed by atoms with Gasteiger partial charge >= 0.3 is 5.69 Å². The number of Topliss-reactive ketones (excluding diaryl/α,β-unsaturated/α-hetero) is 1. The van der Waals surface area contributed by atoms with Gasteiger partial charge in [0.2, 0.25) is 0 Å². The second-order valence-corrected chi connectivity index (χ2v) is 6.71. The van der Waals surface area contributed by atoms with Crippen LogP contribution in [0, 0.1) is 4.64 Å². The van der Waals surface area contributed by atoms with E-state index >= 15 is 0 Å². The molecular formula is C15H14N4O4S2. The highest BCUT2D eigenvalue weighted by Crippen LogP contribution is 2.26. The zero-order chi connectivity index (χ0) is 18.3. The van der Waals surface area contributed by atoms with Crippen molar-refractivity contribution in [3.05, 3.63) is 38.9 Å². The highest BCUT2D eigenvalue weighted by Gasteiger charge is 2.14. The lowest BCUT2D eigenvalue weighted by atomic mass is 10.1. The van der Waals surface area contributed by atoms with Crippen LogP contribution < -0.4 is 5.69 Å². The van der Waals surface area contributed by atoms with E-state index in [9.17, 15) is 19.8 Å². The number of phenols is 2. The van der Waals surface area contributed by atoms with Crippen molar-refractivity contribution in [2.45, 2.75) is 5.16 Å². The number of hydrogen-bond donors (Lipinski definition) is 3. The number of imidazole rings is 1. The molecule has 0 amide bonds. The average Bonchev–Trinajstić information content (AvgIpc) is 3.03. The third kappa shape index (κ3) is 3.05. The molecule has 2 heterocycles. The Balaban J connectivity index is 1.86. The second kappa shape index (κ2) is 6.37. The van der Waals surface area contributed by atoms with Crippen LogP contribution in [0.1, 0.15) is 10.4 Å². The van der Waals surface area contributed by atoms with Crippen molar-refractivity contribution in [2.24, 2.45) is 14.1 Å². The third-order valence-electron chi connectivity index (χ3n) is 3.71. The van der Waals surface area contributed by atoms with Gasteiger partial charge in [-0.05, 0) is 18.2 Å². The average molecular weight is 378 g/mol. The summed E-state index contributed by atoms with van der Waals surface area (Å²) in [6.45, 7) is 0. The molecule has 130 valence electrons. The summed E-state index contributed by atoms with van der Waals surface area (Å²) in [5.41, 5.74) is 0.972. The summed E-state index contributed by atoms with van der Waals surface area (Å²) < 4.78 is 3.06. The zero-order valence-electron chi connectivity index (χ0n) is 13.3. The van der Waals surface area contributed by atoms with Crippen LogP contribution in [0.4, 0.5) is 0 Å². The monoisotopic (exact) mass is 378 g/mol. The number of carbonyl (C=O) groups excluding carboxylic acids is 1. The number of benzene rings is 1. The number of fused-ring (bicyclic) bond motifs is 1. The maximum absolute atomic E-state index is 12.2. The first-order chi connectivity index (χ1) is 11.8. The maximum atomic E-state index is 12.2. The minimum Gasteiger partial charge on any atom is -0.504 e. The molecule has 3 aromatic rings. The second-order valence-electron chi connectivity index (χ2n) is 5.36. The fourth-order valence-electron chi connectivity index (χ4n) is 2.29. The molecule has 2 aromatic heterocycles. The molecule has 0 fully saturated rings. The molecular weight excluding hydrogens is 364 g/mol. The van der Waals surface area contributed by atoms with E-state index in [4.69, 9.17) is 12.2 Å². The summed E-state index contributed by atoms with van der Waals surface area (Å²) in [5, 5.41) is 19.2. The Labute approximate surface area is 150 Å². The third-order valence-corrected chi connectivity index (χ3v) is 5.06. The Kier molecular flexibility index (Phi) is 4.39. The number of nitrogens with one attached hydrogen (secondary N) is 1. The molecule has 0 saturated carbocycles. The molecule has 0 spiro atoms. The predicted octanol–water partition coefficient (Wildman–Crippen LogP) is 1.72. The van der Waals surface area contributed by atoms with E-state index in [1.807, 2.05) is 0 Å². The van der Waals surface area contributed by atoms with E-state index in [0.29, 0.717) is 21.0 Å². The van der Waals surface area contributed by atoms with Crippen LogP contribution in [-0.2, 0) is 14.1 Å². The number of hydrogen-bond acceptors (Lipinski definition) is 7. The number of rotatable bonds is 4. The summed E-state index contributed by atoms with van der Waals surface area (Å²) in [6.07, 6.45) is 0. The number of phenolic OH excluding ortho intramolecular Hbond substituents is 2. The van der Waals surface area contributed by atoms with Crippen molar-refractivity contribution in [3.63, 3.8) is 0 Å². The fourth-order valence-corrected chi connectivity index (χ4v) is 3.27. The van der Waals surface area contributed by atoms with E-state index in [-0.39, 0.29) is 34.3 Å². The number of H-pyrrole nitrogens is 1. The molecule has 0 bridgehead atoms. The van der Waals surface area contributed by atoms with Gasteiger partial charge < -0.3 is 15.2 Å². The quantitative estimate of drug-likeness (QED) is 0.274. The van der Waals surface area contributed by atoms with E-state index in [1.54, 1.807) is 14.1 Å². The van der Waals surface area contributed by atoms with Crippen LogP contribution in [0.2, 0.25) is 0 Å². The fraction of sp³-hybridized carbons (Fsp3) is 0.200. The van der Waals surface area contributed by atoms with E-state index in [1.165, 1.54) is 27.3 Å². The molecule has 1 aromatic carbocycles. The van der Waals surface area contributed by atoms with Crippen molar-refractivity contribution in [2.75, 3.05) is 5.75 Å². The number of nitrogens with zero attached hydrogens (tertiary/aromatic N) is 3. The summed E-state index contributed by atoms with van der Waals surface area (Å²) in [5.74, 6) is -0.804. The first-order valence-corrected chi connectivity index (χ1v) is 8.52. The van der Waals surface area contributed by atoms with Crippen molar-refractivity contribution < 1.29 is 15.0 Å². The molecule has 0 aliphatic heterocycles. The van der Waals surface area contributed by atoms with Gasteiger partial charge in [0, 0.05) is 19.7 Å². The molecule has 0 aliphatic rings. The molecule has 3 rings (SSSR count). The Hall–Kier alpha value is -2.59. The SMILES string of the molecule is Cn1c(=S)c2[nH]c(SCC(=O)c3ccc(O)c(O)c3)nc2n(C)c1=O. The number of aryl methyl sites for hydroxylation is 1. The largest absolute Gasteiger partial charge is 0.504 e. The maximum Gasteiger partial charge on any atom is 0.330 e. The first-order valence-electron chi connectivity index (χ1n) is 7.13. The molecule has 10 heteroatoms. The highest BCUT2D eigenvalue weighted by molar-refractivity contribution is 7.99. The van der Waals surface area contributed by atoms with Crippen LogP contribution in [0.15, 0.2) is 28.2 Å². The van der Waals surface area contributed by atoms with Gasteiger partial charge in [-0.1, -0.05) is 24.0 Å². The number of aromatic nitrogens is 4. The summed E-state index contributed by atoms with van der Waals surface area (Å²) >= 11 is 6.40. The standard InChI is InChI=1S/C15H14N4O4S2/c1-18-12-11(13(24)19(2)15(18)23)16-14(17-12)25-6-10(22)7-3-4-8(20)9(21)5-7/h3-5,20-21H,6H2,1-2H3,(H,16,17). The molecule has 0 atom stereocenters. The van der Waals surface area contributed by atoms with Gasteiger partial charge in [-0.25, -0.2) is 9.78 Å². The van der Waals surface area contributed by atoms with Gasteiger partial charge in [-0.3, -0.25) is 13.9 Å². The van der Waals surface area contributed by atoms with Gasteiger partial charge in [-0.2, -0.15) is 0 Å². The zero-order valence-corrected chi connectivity index (χ0v) is 14.9. The molecule has 3 N–H and O–H groups in total. The molecule has 0 aliphatic carbocycles. The Morgan fingerprint density at radius 2 is 2.00 bits per heavy atom. The van der Waals surface area contributed by atoms with Gasteiger partial charge in [0.05, 0.1) is 5.75 Å². The lowest BCUT2D eigenvalue weighted by Gasteiger charge is -2.02. The normalized spacial score (nSPS) is 11.1. The smallest absolute Gasteiger partial charge is 0.330 e. The molecule has 0 saturated heterocycles. The number of thioether (sulfide) groups is 1. The van der Waals surface area contributed by atoms with Crippen molar-refractivity contribution in [1.29, 1.82) is 0 Å². The number of ketones is 1. The topological polar surface area (TPSA) is 113 Å². The predicted molar refractivity (Wildman–Crippen MR) is 96.0 cm³/mol. The van der Waals surface area contributed by atoms with E-state index < -0.39 is 0 Å². The van der Waals surface area contributed by atoms with Crippen LogP contribution >= 0.6 is 24.0 Å². The van der Waals surface area contributed by atoms with Crippen LogP contribution in [0.3, 0.4) is 0 Å². The van der Waals surface area contributed by atoms with E-state index in [2.05, 4.69) is 9.97 Å². The van der Waals surface area contributed by atoms with E-state index in [0.717, 1.165) is 11.8 Å². The van der Waals surface area contributed by atoms with Gasteiger partial charge in [0.25, 0.3) is 0 Å². The Morgan fingerprint density at radius 3 is 2.68 bits per heavy atom. The lowest BCUT2D eigenvalue weighted by molar-refractivity contribution is 0.102. The number of aromatic amines is 1. The Bertz CT molecular complexity index is 1110. The van der Waals surface area contributed by atoms with Crippen LogP contribution in [0.25, 0.3) is 11.2 Å². The Morgan fingerprint density at radius 1 is 1.28 bits per heavy atom. The molecule has 8 nitrogen and oxygen atoms in total. The van der Waals surface area contributed by atoms with Crippen LogP contribution in [0.5, 0.6) is 11.5 Å². The molecule has 0 unspecified atom stereocenters. The first kappa shape index (κ1) is 17.2. The van der Waals surface area contributed by atoms with Crippen LogP contribution in [-0.4, -0.2) is 40.9 Å². The van der Waals surface area contributed by atoms with Gasteiger partial charge in [0.1, 0.15) is 10.2 Å². The summed E-state index contributed by atoms with van der Waals surface area (Å²) in [6, 6.07) is 3.90. The van der Waals surface area contributed by atoms with Crippen molar-refractivity contribution in [3.8, 4) is 11.5 Å².